The molecule has 0 saturated carbocycles. The van der Waals surface area contributed by atoms with Gasteiger partial charge in [-0.15, -0.1) is 0 Å². The highest BCUT2D eigenvalue weighted by atomic mass is 16.6. The predicted octanol–water partition coefficient (Wildman–Crippen LogP) is 5.22. The van der Waals surface area contributed by atoms with Crippen LogP contribution >= 0.6 is 0 Å². The molecule has 5 heteroatoms. The number of carbonyl (C=O) groups is 2. The van der Waals surface area contributed by atoms with E-state index in [4.69, 9.17) is 9.47 Å². The highest BCUT2D eigenvalue weighted by Crippen LogP contribution is 2.45. The summed E-state index contributed by atoms with van der Waals surface area (Å²) in [5, 5.41) is 9.92. The van der Waals surface area contributed by atoms with Crippen LogP contribution in [0.3, 0.4) is 0 Å². The number of aliphatic hydroxyl groups is 1. The third kappa shape index (κ3) is 6.00. The molecule has 0 spiro atoms. The van der Waals surface area contributed by atoms with E-state index in [2.05, 4.69) is 32.1 Å². The second-order valence-electron chi connectivity index (χ2n) is 10.3. The van der Waals surface area contributed by atoms with E-state index in [1.807, 2.05) is 20.8 Å². The molecule has 1 aliphatic heterocycles. The molecule has 0 aromatic heterocycles. The Morgan fingerprint density at radius 3 is 2.61 bits per heavy atom. The number of allylic oxidation sites excluding steroid dienone is 3. The third-order valence-electron chi connectivity index (χ3n) is 7.35. The van der Waals surface area contributed by atoms with Gasteiger partial charge in [-0.3, -0.25) is 9.59 Å². The Balaban J connectivity index is 0.00000341. The van der Waals surface area contributed by atoms with E-state index in [-0.39, 0.29) is 43.9 Å². The molecule has 0 radical (unpaired) electrons. The second kappa shape index (κ2) is 10.3. The second-order valence-corrected chi connectivity index (χ2v) is 10.3. The van der Waals surface area contributed by atoms with Gasteiger partial charge in [0.25, 0.3) is 0 Å². The first-order chi connectivity index (χ1) is 14.1. The Kier molecular flexibility index (Phi) is 8.54. The van der Waals surface area contributed by atoms with Gasteiger partial charge in [0, 0.05) is 12.3 Å². The monoisotopic (exact) mass is 434 g/mol. The quantitative estimate of drug-likeness (QED) is 0.580. The molecule has 0 bridgehead atoms. The van der Waals surface area contributed by atoms with Crippen molar-refractivity contribution in [2.75, 3.05) is 0 Å². The van der Waals surface area contributed by atoms with Gasteiger partial charge < -0.3 is 14.6 Å². The van der Waals surface area contributed by atoms with Crippen molar-refractivity contribution in [3.63, 3.8) is 0 Å². The van der Waals surface area contributed by atoms with Crippen LogP contribution in [0, 0.1) is 29.1 Å². The number of ether oxygens (including phenoxy) is 2. The summed E-state index contributed by atoms with van der Waals surface area (Å²) < 4.78 is 11.6. The minimum Gasteiger partial charge on any atom is -0.462 e. The zero-order chi connectivity index (χ0) is 22.1. The molecular weight excluding hydrogens is 392 g/mol. The molecule has 3 rings (SSSR count). The van der Waals surface area contributed by atoms with Crippen LogP contribution in [-0.2, 0) is 19.1 Å². The van der Waals surface area contributed by atoms with Crippen LogP contribution < -0.4 is 0 Å². The largest absolute Gasteiger partial charge is 0.462 e. The van der Waals surface area contributed by atoms with Crippen molar-refractivity contribution in [3.05, 3.63) is 23.8 Å². The maximum absolute atomic E-state index is 12.9. The number of esters is 2. The maximum atomic E-state index is 12.9. The summed E-state index contributed by atoms with van der Waals surface area (Å²) in [4.78, 5) is 24.6. The van der Waals surface area contributed by atoms with Gasteiger partial charge in [0.2, 0.25) is 0 Å². The molecule has 0 unspecified atom stereocenters. The topological polar surface area (TPSA) is 72.8 Å². The molecule has 176 valence electrons. The SMILES string of the molecule is C.CCC(C)(C)C(=O)O[C@H]1C[C@@H](C)C=C2C=C[C@H](C)[C@H](CC[C@@H]3C[C@@H](O)CC(=O)O3)[C@H]21. The molecule has 1 heterocycles. The first kappa shape index (κ1) is 25.6. The summed E-state index contributed by atoms with van der Waals surface area (Å²) in [5.41, 5.74) is 0.785. The van der Waals surface area contributed by atoms with Gasteiger partial charge in [0.1, 0.15) is 12.2 Å². The third-order valence-corrected chi connectivity index (χ3v) is 7.35. The molecule has 5 nitrogen and oxygen atoms in total. The van der Waals surface area contributed by atoms with Crippen LogP contribution in [0.2, 0.25) is 0 Å². The Morgan fingerprint density at radius 1 is 1.26 bits per heavy atom. The Labute approximate surface area is 188 Å². The zero-order valence-electron chi connectivity index (χ0n) is 19.1. The van der Waals surface area contributed by atoms with E-state index in [1.165, 1.54) is 5.57 Å². The summed E-state index contributed by atoms with van der Waals surface area (Å²) in [6.07, 6.45) is 9.61. The number of hydrogen-bond donors (Lipinski definition) is 1. The van der Waals surface area contributed by atoms with E-state index in [9.17, 15) is 14.7 Å². The highest BCUT2D eigenvalue weighted by molar-refractivity contribution is 5.76. The standard InChI is InChI=1S/C25H38O5.CH4/c1-6-25(4,5)24(28)30-21-12-15(2)11-17-8-7-16(3)20(23(17)21)10-9-19-13-18(26)14-22(27)29-19;/h7-8,11,15-16,18-21,23,26H,6,9-10,12-14H2,1-5H3;1H4/t15-,16-,18+,19+,20-,21-,23-;/m0./s1. The van der Waals surface area contributed by atoms with Gasteiger partial charge in [0.15, 0.2) is 0 Å². The Bertz CT molecular complexity index is 707. The lowest BCUT2D eigenvalue weighted by atomic mass is 9.65. The fourth-order valence-electron chi connectivity index (χ4n) is 5.08. The minimum absolute atomic E-state index is 0. The summed E-state index contributed by atoms with van der Waals surface area (Å²) in [6, 6.07) is 0. The molecule has 1 fully saturated rings. The average Bonchev–Trinajstić information content (AvgIpc) is 2.66. The predicted molar refractivity (Wildman–Crippen MR) is 122 cm³/mol. The van der Waals surface area contributed by atoms with Crippen LogP contribution in [0.5, 0.6) is 0 Å². The normalized spacial score (nSPS) is 35.4. The van der Waals surface area contributed by atoms with Crippen LogP contribution in [0.15, 0.2) is 23.8 Å². The Morgan fingerprint density at radius 2 is 1.97 bits per heavy atom. The van der Waals surface area contributed by atoms with Crippen molar-refractivity contribution in [1.82, 2.24) is 0 Å². The number of cyclic esters (lactones) is 1. The van der Waals surface area contributed by atoms with Crippen molar-refractivity contribution in [3.8, 4) is 0 Å². The lowest BCUT2D eigenvalue weighted by Crippen LogP contribution is -2.43. The molecule has 31 heavy (non-hydrogen) atoms. The molecular formula is C26H42O5. The number of fused-ring (bicyclic) bond motifs is 1. The minimum atomic E-state index is -0.601. The van der Waals surface area contributed by atoms with E-state index >= 15 is 0 Å². The molecule has 3 aliphatic rings. The molecule has 2 aliphatic carbocycles. The van der Waals surface area contributed by atoms with Crippen molar-refractivity contribution >= 4 is 11.9 Å². The van der Waals surface area contributed by atoms with Crippen molar-refractivity contribution in [2.24, 2.45) is 29.1 Å². The fourth-order valence-corrected chi connectivity index (χ4v) is 5.08. The number of aliphatic hydroxyl groups excluding tert-OH is 1. The van der Waals surface area contributed by atoms with Crippen molar-refractivity contribution in [2.45, 2.75) is 98.9 Å². The lowest BCUT2D eigenvalue weighted by Gasteiger charge is -2.44. The number of carbonyl (C=O) groups excluding carboxylic acids is 2. The Hall–Kier alpha value is -1.62. The van der Waals surface area contributed by atoms with Gasteiger partial charge >= 0.3 is 11.9 Å². The average molecular weight is 435 g/mol. The van der Waals surface area contributed by atoms with E-state index in [0.29, 0.717) is 24.2 Å². The van der Waals surface area contributed by atoms with Crippen LogP contribution in [-0.4, -0.2) is 35.4 Å². The number of hydrogen-bond acceptors (Lipinski definition) is 5. The summed E-state index contributed by atoms with van der Waals surface area (Å²) in [7, 11) is 0. The van der Waals surface area contributed by atoms with E-state index < -0.39 is 11.5 Å². The van der Waals surface area contributed by atoms with Crippen molar-refractivity contribution in [1.29, 1.82) is 0 Å². The van der Waals surface area contributed by atoms with Gasteiger partial charge in [-0.05, 0) is 62.9 Å². The first-order valence-corrected chi connectivity index (χ1v) is 11.6. The molecule has 7 atom stereocenters. The van der Waals surface area contributed by atoms with Gasteiger partial charge in [0.05, 0.1) is 17.9 Å². The molecule has 0 aromatic carbocycles. The summed E-state index contributed by atoms with van der Waals surface area (Å²) in [5.74, 6) is 0.776. The first-order valence-electron chi connectivity index (χ1n) is 11.6. The van der Waals surface area contributed by atoms with Gasteiger partial charge in [-0.25, -0.2) is 0 Å². The number of rotatable bonds is 6. The van der Waals surface area contributed by atoms with Gasteiger partial charge in [-0.2, -0.15) is 0 Å². The van der Waals surface area contributed by atoms with Crippen LogP contribution in [0.1, 0.15) is 80.6 Å². The molecule has 1 saturated heterocycles. The lowest BCUT2D eigenvalue weighted by molar-refractivity contribution is -0.166. The summed E-state index contributed by atoms with van der Waals surface area (Å²) in [6.45, 7) is 10.3. The van der Waals surface area contributed by atoms with E-state index in [0.717, 1.165) is 25.7 Å². The van der Waals surface area contributed by atoms with Gasteiger partial charge in [-0.1, -0.05) is 46.4 Å². The fraction of sp³-hybridized carbons (Fsp3) is 0.769. The molecule has 0 aromatic rings. The summed E-state index contributed by atoms with van der Waals surface area (Å²) >= 11 is 0. The van der Waals surface area contributed by atoms with E-state index in [1.54, 1.807) is 0 Å². The van der Waals surface area contributed by atoms with Crippen molar-refractivity contribution < 1.29 is 24.2 Å². The smallest absolute Gasteiger partial charge is 0.311 e. The zero-order valence-corrected chi connectivity index (χ0v) is 19.1. The maximum Gasteiger partial charge on any atom is 0.311 e. The highest BCUT2D eigenvalue weighted by Gasteiger charge is 2.43. The van der Waals surface area contributed by atoms with Crippen LogP contribution in [0.25, 0.3) is 0 Å². The molecule has 1 N–H and O–H groups in total. The van der Waals surface area contributed by atoms with Crippen LogP contribution in [0.4, 0.5) is 0 Å². The molecule has 0 amide bonds.